The van der Waals surface area contributed by atoms with Gasteiger partial charge in [0.2, 0.25) is 5.95 Å². The first-order chi connectivity index (χ1) is 7.81. The van der Waals surface area contributed by atoms with Crippen LogP contribution >= 0.6 is 11.6 Å². The lowest BCUT2D eigenvalue weighted by Crippen LogP contribution is -2.30. The average Bonchev–Trinajstić information content (AvgIpc) is 2.75. The SMILES string of the molecule is OCCCC1CCCN1c1ncc(Cl)cn1. The van der Waals surface area contributed by atoms with Gasteiger partial charge in [0.15, 0.2) is 0 Å². The first-order valence-corrected chi connectivity index (χ1v) is 6.04. The van der Waals surface area contributed by atoms with Crippen LogP contribution in [0.3, 0.4) is 0 Å². The van der Waals surface area contributed by atoms with Gasteiger partial charge in [-0.25, -0.2) is 9.97 Å². The number of aliphatic hydroxyl groups is 1. The molecule has 0 amide bonds. The normalized spacial score (nSPS) is 20.4. The highest BCUT2D eigenvalue weighted by Gasteiger charge is 2.25. The summed E-state index contributed by atoms with van der Waals surface area (Å²) in [7, 11) is 0. The average molecular weight is 242 g/mol. The van der Waals surface area contributed by atoms with Gasteiger partial charge in [-0.2, -0.15) is 0 Å². The molecule has 1 aliphatic heterocycles. The van der Waals surface area contributed by atoms with Crippen molar-refractivity contribution in [2.45, 2.75) is 31.7 Å². The van der Waals surface area contributed by atoms with E-state index in [4.69, 9.17) is 16.7 Å². The Hall–Kier alpha value is -0.870. The van der Waals surface area contributed by atoms with Crippen LogP contribution in [0.25, 0.3) is 0 Å². The van der Waals surface area contributed by atoms with Crippen LogP contribution in [-0.2, 0) is 0 Å². The summed E-state index contributed by atoms with van der Waals surface area (Å²) in [6.45, 7) is 1.25. The van der Waals surface area contributed by atoms with Crippen molar-refractivity contribution in [2.24, 2.45) is 0 Å². The zero-order valence-corrected chi connectivity index (χ0v) is 9.90. The summed E-state index contributed by atoms with van der Waals surface area (Å²) in [5.41, 5.74) is 0. The van der Waals surface area contributed by atoms with E-state index in [0.717, 1.165) is 31.8 Å². The second kappa shape index (κ2) is 5.46. The van der Waals surface area contributed by atoms with Gasteiger partial charge in [-0.15, -0.1) is 0 Å². The molecule has 1 aromatic rings. The number of hydrogen-bond donors (Lipinski definition) is 1. The Balaban J connectivity index is 2.04. The maximum atomic E-state index is 8.85. The number of aromatic nitrogens is 2. The van der Waals surface area contributed by atoms with Gasteiger partial charge in [-0.05, 0) is 25.7 Å². The van der Waals surface area contributed by atoms with Crippen molar-refractivity contribution in [1.29, 1.82) is 0 Å². The molecule has 0 radical (unpaired) electrons. The van der Waals surface area contributed by atoms with Gasteiger partial charge in [0, 0.05) is 19.2 Å². The Morgan fingerprint density at radius 3 is 2.88 bits per heavy atom. The summed E-state index contributed by atoms with van der Waals surface area (Å²) in [6, 6.07) is 0.466. The Morgan fingerprint density at radius 2 is 2.19 bits per heavy atom. The number of nitrogens with zero attached hydrogens (tertiary/aromatic N) is 3. The molecule has 16 heavy (non-hydrogen) atoms. The highest BCUT2D eigenvalue weighted by Crippen LogP contribution is 2.25. The van der Waals surface area contributed by atoms with Crippen molar-refractivity contribution in [2.75, 3.05) is 18.1 Å². The van der Waals surface area contributed by atoms with Crippen LogP contribution in [0.5, 0.6) is 0 Å². The molecular weight excluding hydrogens is 226 g/mol. The van der Waals surface area contributed by atoms with E-state index in [1.165, 1.54) is 6.42 Å². The van der Waals surface area contributed by atoms with Crippen LogP contribution in [0.15, 0.2) is 12.4 Å². The van der Waals surface area contributed by atoms with Gasteiger partial charge < -0.3 is 10.0 Å². The van der Waals surface area contributed by atoms with E-state index in [2.05, 4.69) is 14.9 Å². The highest BCUT2D eigenvalue weighted by molar-refractivity contribution is 6.30. The number of aliphatic hydroxyl groups excluding tert-OH is 1. The molecule has 88 valence electrons. The predicted molar refractivity (Wildman–Crippen MR) is 63.7 cm³/mol. The first kappa shape index (κ1) is 11.6. The fourth-order valence-corrected chi connectivity index (χ4v) is 2.28. The quantitative estimate of drug-likeness (QED) is 0.875. The maximum absolute atomic E-state index is 8.85. The summed E-state index contributed by atoms with van der Waals surface area (Å²) >= 11 is 5.76. The fourth-order valence-electron chi connectivity index (χ4n) is 2.18. The Morgan fingerprint density at radius 1 is 1.44 bits per heavy atom. The molecule has 1 atom stereocenters. The zero-order valence-electron chi connectivity index (χ0n) is 9.14. The lowest BCUT2D eigenvalue weighted by molar-refractivity contribution is 0.279. The molecular formula is C11H16ClN3O. The third-order valence-corrected chi connectivity index (χ3v) is 3.13. The Bertz CT molecular complexity index is 331. The molecule has 1 saturated heterocycles. The maximum Gasteiger partial charge on any atom is 0.225 e. The third-order valence-electron chi connectivity index (χ3n) is 2.94. The van der Waals surface area contributed by atoms with Crippen LogP contribution in [0.4, 0.5) is 5.95 Å². The summed E-state index contributed by atoms with van der Waals surface area (Å²) in [5, 5.41) is 9.42. The lowest BCUT2D eigenvalue weighted by atomic mass is 10.1. The second-order valence-corrected chi connectivity index (χ2v) is 4.49. The van der Waals surface area contributed by atoms with Crippen molar-refractivity contribution in [3.8, 4) is 0 Å². The minimum atomic E-state index is 0.256. The van der Waals surface area contributed by atoms with E-state index in [-0.39, 0.29) is 6.61 Å². The van der Waals surface area contributed by atoms with Crippen LogP contribution < -0.4 is 4.90 Å². The van der Waals surface area contributed by atoms with Gasteiger partial charge in [-0.1, -0.05) is 11.6 Å². The summed E-state index contributed by atoms with van der Waals surface area (Å²) in [5.74, 6) is 0.754. The van der Waals surface area contributed by atoms with Crippen molar-refractivity contribution >= 4 is 17.5 Å². The molecule has 1 N–H and O–H groups in total. The molecule has 5 heteroatoms. The summed E-state index contributed by atoms with van der Waals surface area (Å²) in [4.78, 5) is 10.7. The molecule has 0 spiro atoms. The number of hydrogen-bond acceptors (Lipinski definition) is 4. The van der Waals surface area contributed by atoms with Crippen LogP contribution in [0.1, 0.15) is 25.7 Å². The molecule has 4 nitrogen and oxygen atoms in total. The number of anilines is 1. The molecule has 1 aliphatic rings. The molecule has 2 heterocycles. The molecule has 0 aromatic carbocycles. The predicted octanol–water partition coefficient (Wildman–Crippen LogP) is 1.87. The van der Waals surface area contributed by atoms with Gasteiger partial charge in [0.05, 0.1) is 17.4 Å². The molecule has 1 unspecified atom stereocenters. The topological polar surface area (TPSA) is 49.2 Å². The zero-order chi connectivity index (χ0) is 11.4. The van der Waals surface area contributed by atoms with Crippen LogP contribution in [0.2, 0.25) is 5.02 Å². The first-order valence-electron chi connectivity index (χ1n) is 5.66. The van der Waals surface area contributed by atoms with Crippen LogP contribution in [-0.4, -0.2) is 34.3 Å². The fraction of sp³-hybridized carbons (Fsp3) is 0.636. The van der Waals surface area contributed by atoms with E-state index in [0.29, 0.717) is 11.1 Å². The van der Waals surface area contributed by atoms with E-state index < -0.39 is 0 Å². The van der Waals surface area contributed by atoms with Gasteiger partial charge in [0.25, 0.3) is 0 Å². The van der Waals surface area contributed by atoms with Crippen molar-refractivity contribution < 1.29 is 5.11 Å². The summed E-state index contributed by atoms with van der Waals surface area (Å²) < 4.78 is 0. The largest absolute Gasteiger partial charge is 0.396 e. The monoisotopic (exact) mass is 241 g/mol. The minimum Gasteiger partial charge on any atom is -0.396 e. The van der Waals surface area contributed by atoms with Crippen molar-refractivity contribution in [3.63, 3.8) is 0 Å². The van der Waals surface area contributed by atoms with Crippen molar-refractivity contribution in [3.05, 3.63) is 17.4 Å². The standard InChI is InChI=1S/C11H16ClN3O/c12-9-7-13-11(14-8-9)15-5-1-3-10(15)4-2-6-16/h7-8,10,16H,1-6H2. The molecule has 0 bridgehead atoms. The number of rotatable bonds is 4. The third kappa shape index (κ3) is 2.62. The molecule has 0 aliphatic carbocycles. The van der Waals surface area contributed by atoms with E-state index in [1.54, 1.807) is 12.4 Å². The molecule has 1 fully saturated rings. The summed E-state index contributed by atoms with van der Waals surface area (Å²) in [6.07, 6.45) is 7.43. The molecule has 0 saturated carbocycles. The van der Waals surface area contributed by atoms with Crippen LogP contribution in [0, 0.1) is 0 Å². The van der Waals surface area contributed by atoms with E-state index in [9.17, 15) is 0 Å². The van der Waals surface area contributed by atoms with E-state index >= 15 is 0 Å². The Labute approximate surface area is 100 Å². The van der Waals surface area contributed by atoms with Gasteiger partial charge in [-0.3, -0.25) is 0 Å². The second-order valence-electron chi connectivity index (χ2n) is 4.06. The molecule has 2 rings (SSSR count). The Kier molecular flexibility index (Phi) is 3.96. The molecule has 1 aromatic heterocycles. The number of halogens is 1. The van der Waals surface area contributed by atoms with Gasteiger partial charge >= 0.3 is 0 Å². The van der Waals surface area contributed by atoms with Crippen molar-refractivity contribution in [1.82, 2.24) is 9.97 Å². The smallest absolute Gasteiger partial charge is 0.225 e. The lowest BCUT2D eigenvalue weighted by Gasteiger charge is -2.24. The minimum absolute atomic E-state index is 0.256. The highest BCUT2D eigenvalue weighted by atomic mass is 35.5. The van der Waals surface area contributed by atoms with E-state index in [1.807, 2.05) is 0 Å². The van der Waals surface area contributed by atoms with Gasteiger partial charge in [0.1, 0.15) is 0 Å².